The maximum atomic E-state index is 11.9. The molecule has 0 fully saturated rings. The van der Waals surface area contributed by atoms with Crippen LogP contribution < -0.4 is 10.6 Å². The van der Waals surface area contributed by atoms with Crippen LogP contribution in [0.2, 0.25) is 0 Å². The summed E-state index contributed by atoms with van der Waals surface area (Å²) >= 11 is 0. The van der Waals surface area contributed by atoms with Gasteiger partial charge in [-0.1, -0.05) is 103 Å². The smallest absolute Gasteiger partial charge is 0.321 e. The van der Waals surface area contributed by atoms with Gasteiger partial charge in [-0.25, -0.2) is 9.18 Å². The Morgan fingerprint density at radius 2 is 1.04 bits per heavy atom. The van der Waals surface area contributed by atoms with Gasteiger partial charge in [0.2, 0.25) is 0 Å². The summed E-state index contributed by atoms with van der Waals surface area (Å²) in [4.78, 5) is 21.8. The van der Waals surface area contributed by atoms with Crippen LogP contribution in [0.1, 0.15) is 110 Å². The molecule has 0 aliphatic carbocycles. The van der Waals surface area contributed by atoms with E-state index in [1.54, 1.807) is 0 Å². The van der Waals surface area contributed by atoms with Crippen LogP contribution in [-0.4, -0.2) is 25.2 Å². The number of nitrogens with one attached hydrogen (secondary N) is 2. The summed E-state index contributed by atoms with van der Waals surface area (Å²) in [7, 11) is 0. The van der Waals surface area contributed by atoms with Gasteiger partial charge in [0.05, 0.1) is 0 Å². The first kappa shape index (κ1) is 24.9. The molecule has 0 aromatic heterocycles. The summed E-state index contributed by atoms with van der Waals surface area (Å²) in [6.07, 6.45) is 21.0. The molecule has 26 heavy (non-hydrogen) atoms. The Balaban J connectivity index is 3.11. The highest BCUT2D eigenvalue weighted by Crippen LogP contribution is 2.13. The number of alkyl halides is 1. The number of imide groups is 1. The average Bonchev–Trinajstić information content (AvgIpc) is 2.64. The van der Waals surface area contributed by atoms with Crippen molar-refractivity contribution in [1.29, 1.82) is 0 Å². The summed E-state index contributed by atoms with van der Waals surface area (Å²) in [5.74, 6) is -0.894. The molecule has 0 radical (unpaired) electrons. The second-order valence-electron chi connectivity index (χ2n) is 7.24. The fraction of sp³-hybridized carbons (Fsp3) is 0.905. The van der Waals surface area contributed by atoms with Crippen molar-refractivity contribution in [2.24, 2.45) is 0 Å². The molecule has 154 valence electrons. The Bertz CT molecular complexity index is 338. The molecular weight excluding hydrogens is 331 g/mol. The lowest BCUT2D eigenvalue weighted by atomic mass is 10.0. The molecular formula is C21H41FN2O2. The molecule has 0 heterocycles. The van der Waals surface area contributed by atoms with Gasteiger partial charge in [-0.05, 0) is 6.42 Å². The largest absolute Gasteiger partial charge is 0.338 e. The van der Waals surface area contributed by atoms with E-state index in [4.69, 9.17) is 0 Å². The molecule has 0 spiro atoms. The molecule has 0 saturated carbocycles. The van der Waals surface area contributed by atoms with Crippen LogP contribution in [-0.2, 0) is 4.79 Å². The lowest BCUT2D eigenvalue weighted by Gasteiger charge is -2.05. The fourth-order valence-corrected chi connectivity index (χ4v) is 3.08. The van der Waals surface area contributed by atoms with Gasteiger partial charge in [-0.15, -0.1) is 0 Å². The van der Waals surface area contributed by atoms with Crippen molar-refractivity contribution >= 4 is 11.9 Å². The van der Waals surface area contributed by atoms with Crippen LogP contribution >= 0.6 is 0 Å². The molecule has 0 aliphatic rings. The highest BCUT2D eigenvalue weighted by atomic mass is 19.1. The van der Waals surface area contributed by atoms with Crippen molar-refractivity contribution in [3.63, 3.8) is 0 Å². The Hall–Kier alpha value is -1.13. The van der Waals surface area contributed by atoms with E-state index in [1.165, 1.54) is 89.9 Å². The molecule has 0 aromatic carbocycles. The van der Waals surface area contributed by atoms with Crippen molar-refractivity contribution in [3.8, 4) is 0 Å². The van der Waals surface area contributed by atoms with Crippen LogP contribution in [0.4, 0.5) is 9.18 Å². The Labute approximate surface area is 160 Å². The normalized spacial score (nSPS) is 10.7. The van der Waals surface area contributed by atoms with E-state index in [0.717, 1.165) is 12.8 Å². The predicted molar refractivity (Wildman–Crippen MR) is 107 cm³/mol. The SMILES string of the molecule is CCCCCCCCCCCCCCCCCCNC(=O)NC(=O)CF. The predicted octanol–water partition coefficient (Wildman–Crippen LogP) is 6.04. The molecule has 4 nitrogen and oxygen atoms in total. The molecule has 0 saturated heterocycles. The van der Waals surface area contributed by atoms with Crippen LogP contribution in [0.5, 0.6) is 0 Å². The number of halogens is 1. The summed E-state index contributed by atoms with van der Waals surface area (Å²) < 4.78 is 11.9. The topological polar surface area (TPSA) is 58.2 Å². The van der Waals surface area contributed by atoms with Gasteiger partial charge in [-0.2, -0.15) is 0 Å². The highest BCUT2D eigenvalue weighted by Gasteiger charge is 2.05. The third-order valence-corrected chi connectivity index (χ3v) is 4.69. The third kappa shape index (κ3) is 19.2. The number of urea groups is 1. The summed E-state index contributed by atoms with van der Waals surface area (Å²) in [5.41, 5.74) is 0. The van der Waals surface area contributed by atoms with E-state index in [0.29, 0.717) is 6.54 Å². The molecule has 3 amide bonds. The van der Waals surface area contributed by atoms with E-state index in [-0.39, 0.29) is 0 Å². The number of carbonyl (C=O) groups excluding carboxylic acids is 2. The van der Waals surface area contributed by atoms with Crippen molar-refractivity contribution in [2.45, 2.75) is 110 Å². The lowest BCUT2D eigenvalue weighted by molar-refractivity contribution is -0.120. The standard InChI is InChI=1S/C21H41FN2O2/c1-2-3-4-5-6-7-8-9-10-11-12-13-14-15-16-17-18-23-21(26)24-20(25)19-22/h2-19H2,1H3,(H2,23,24,25,26). The zero-order chi connectivity index (χ0) is 19.3. The number of hydrogen-bond acceptors (Lipinski definition) is 2. The number of carbonyl (C=O) groups is 2. The van der Waals surface area contributed by atoms with E-state index >= 15 is 0 Å². The quantitative estimate of drug-likeness (QED) is 0.288. The van der Waals surface area contributed by atoms with Crippen LogP contribution in [0, 0.1) is 0 Å². The number of rotatable bonds is 18. The molecule has 0 atom stereocenters. The monoisotopic (exact) mass is 372 g/mol. The number of hydrogen-bond donors (Lipinski definition) is 2. The Kier molecular flexibility index (Phi) is 19.3. The van der Waals surface area contributed by atoms with Crippen LogP contribution in [0.3, 0.4) is 0 Å². The first-order chi connectivity index (χ1) is 12.7. The minimum absolute atomic E-state index is 0.532. The van der Waals surface area contributed by atoms with Gasteiger partial charge >= 0.3 is 6.03 Å². The first-order valence-electron chi connectivity index (χ1n) is 10.8. The second-order valence-corrected chi connectivity index (χ2v) is 7.24. The van der Waals surface area contributed by atoms with E-state index in [9.17, 15) is 14.0 Å². The molecule has 0 bridgehead atoms. The van der Waals surface area contributed by atoms with Crippen molar-refractivity contribution in [2.75, 3.05) is 13.2 Å². The molecule has 0 rings (SSSR count). The minimum atomic E-state index is -1.16. The molecule has 2 N–H and O–H groups in total. The van der Waals surface area contributed by atoms with E-state index in [1.807, 2.05) is 5.32 Å². The Morgan fingerprint density at radius 1 is 0.654 bits per heavy atom. The van der Waals surface area contributed by atoms with Gasteiger partial charge in [0.25, 0.3) is 5.91 Å². The highest BCUT2D eigenvalue weighted by molar-refractivity contribution is 5.94. The lowest BCUT2D eigenvalue weighted by Crippen LogP contribution is -2.40. The van der Waals surface area contributed by atoms with Crippen LogP contribution in [0.15, 0.2) is 0 Å². The van der Waals surface area contributed by atoms with Gasteiger partial charge in [0.15, 0.2) is 6.67 Å². The Morgan fingerprint density at radius 3 is 1.42 bits per heavy atom. The summed E-state index contributed by atoms with van der Waals surface area (Å²) in [6.45, 7) is 1.64. The minimum Gasteiger partial charge on any atom is -0.338 e. The van der Waals surface area contributed by atoms with Crippen molar-refractivity contribution < 1.29 is 14.0 Å². The molecule has 0 unspecified atom stereocenters. The van der Waals surface area contributed by atoms with E-state index < -0.39 is 18.6 Å². The molecule has 0 aromatic rings. The van der Waals surface area contributed by atoms with Gasteiger partial charge in [0.1, 0.15) is 0 Å². The van der Waals surface area contributed by atoms with Crippen molar-refractivity contribution in [3.05, 3.63) is 0 Å². The maximum absolute atomic E-state index is 11.9. The van der Waals surface area contributed by atoms with Gasteiger partial charge in [-0.3, -0.25) is 10.1 Å². The van der Waals surface area contributed by atoms with Crippen molar-refractivity contribution in [1.82, 2.24) is 10.6 Å². The fourth-order valence-electron chi connectivity index (χ4n) is 3.08. The average molecular weight is 373 g/mol. The molecule has 5 heteroatoms. The van der Waals surface area contributed by atoms with Crippen LogP contribution in [0.25, 0.3) is 0 Å². The van der Waals surface area contributed by atoms with Gasteiger partial charge in [0, 0.05) is 6.54 Å². The zero-order valence-electron chi connectivity index (χ0n) is 16.9. The maximum Gasteiger partial charge on any atom is 0.321 e. The third-order valence-electron chi connectivity index (χ3n) is 4.69. The zero-order valence-corrected chi connectivity index (χ0v) is 16.9. The second kappa shape index (κ2) is 20.2. The first-order valence-corrected chi connectivity index (χ1v) is 10.8. The summed E-state index contributed by atoms with van der Waals surface area (Å²) in [6, 6.07) is -0.603. The summed E-state index contributed by atoms with van der Waals surface area (Å²) in [5, 5.41) is 4.48. The van der Waals surface area contributed by atoms with E-state index in [2.05, 4.69) is 12.2 Å². The number of amides is 3. The molecule has 0 aliphatic heterocycles. The van der Waals surface area contributed by atoms with Gasteiger partial charge < -0.3 is 5.32 Å². The number of unbranched alkanes of at least 4 members (excludes halogenated alkanes) is 15.